The molecule has 0 spiro atoms. The lowest BCUT2D eigenvalue weighted by Crippen LogP contribution is -2.25. The van der Waals surface area contributed by atoms with Crippen molar-refractivity contribution in [1.29, 1.82) is 0 Å². The maximum absolute atomic E-state index is 12.0. The Morgan fingerprint density at radius 2 is 2.00 bits per heavy atom. The van der Waals surface area contributed by atoms with Crippen molar-refractivity contribution >= 4 is 17.0 Å². The summed E-state index contributed by atoms with van der Waals surface area (Å²) >= 11 is 0. The number of benzene rings is 2. The molecule has 2 aromatic carbocycles. The fourth-order valence-corrected chi connectivity index (χ4v) is 2.68. The molecular weight excluding hydrogens is 320 g/mol. The number of H-pyrrole nitrogens is 1. The van der Waals surface area contributed by atoms with Gasteiger partial charge in [0, 0.05) is 13.0 Å². The van der Waals surface area contributed by atoms with Gasteiger partial charge in [0.15, 0.2) is 5.58 Å². The average Bonchev–Trinajstić information content (AvgIpc) is 2.99. The Balaban J connectivity index is 1.45. The molecule has 2 N–H and O–H groups in total. The Morgan fingerprint density at radius 1 is 1.16 bits per heavy atom. The second-order valence-corrected chi connectivity index (χ2v) is 5.80. The quantitative estimate of drug-likeness (QED) is 0.692. The Labute approximate surface area is 144 Å². The van der Waals surface area contributed by atoms with E-state index in [0.717, 1.165) is 16.9 Å². The number of aromatic amines is 1. The van der Waals surface area contributed by atoms with Crippen molar-refractivity contribution < 1.29 is 13.9 Å². The monoisotopic (exact) mass is 340 g/mol. The number of fused-ring (bicyclic) bond motifs is 1. The molecule has 0 aliphatic rings. The first kappa shape index (κ1) is 16.8. The van der Waals surface area contributed by atoms with E-state index in [9.17, 15) is 9.59 Å². The van der Waals surface area contributed by atoms with Crippen LogP contribution in [-0.4, -0.2) is 24.5 Å². The zero-order valence-corrected chi connectivity index (χ0v) is 14.0. The minimum absolute atomic E-state index is 0.0145. The van der Waals surface area contributed by atoms with Crippen LogP contribution in [0.2, 0.25) is 0 Å². The number of methoxy groups -OCH3 is 1. The Hall–Kier alpha value is -3.02. The van der Waals surface area contributed by atoms with E-state index < -0.39 is 5.76 Å². The number of carbonyl (C=O) groups is 1. The maximum Gasteiger partial charge on any atom is 0.417 e. The van der Waals surface area contributed by atoms with Gasteiger partial charge in [-0.3, -0.25) is 9.78 Å². The molecule has 6 heteroatoms. The van der Waals surface area contributed by atoms with Gasteiger partial charge in [0.05, 0.1) is 12.6 Å². The number of nitrogens with one attached hydrogen (secondary N) is 2. The van der Waals surface area contributed by atoms with Crippen LogP contribution in [0.15, 0.2) is 51.7 Å². The minimum atomic E-state index is -0.460. The van der Waals surface area contributed by atoms with Crippen LogP contribution >= 0.6 is 0 Å². The molecular formula is C19H20N2O4. The summed E-state index contributed by atoms with van der Waals surface area (Å²) in [5.74, 6) is 0.351. The lowest BCUT2D eigenvalue weighted by Gasteiger charge is -2.07. The number of carbonyl (C=O) groups excluding carboxylic acids is 1. The van der Waals surface area contributed by atoms with Crippen molar-refractivity contribution in [2.75, 3.05) is 13.7 Å². The first-order valence-corrected chi connectivity index (χ1v) is 8.15. The van der Waals surface area contributed by atoms with E-state index >= 15 is 0 Å². The molecule has 0 fully saturated rings. The fourth-order valence-electron chi connectivity index (χ4n) is 2.68. The van der Waals surface area contributed by atoms with Crippen LogP contribution in [0.4, 0.5) is 0 Å². The van der Waals surface area contributed by atoms with Crippen molar-refractivity contribution in [3.05, 3.63) is 64.1 Å². The Morgan fingerprint density at radius 3 is 2.84 bits per heavy atom. The number of ether oxygens (including phenoxy) is 1. The molecule has 0 bridgehead atoms. The summed E-state index contributed by atoms with van der Waals surface area (Å²) in [6.07, 6.45) is 1.79. The van der Waals surface area contributed by atoms with Gasteiger partial charge in [-0.1, -0.05) is 18.2 Å². The number of amides is 1. The fraction of sp³-hybridized carbons (Fsp3) is 0.263. The lowest BCUT2D eigenvalue weighted by atomic mass is 10.1. The van der Waals surface area contributed by atoms with E-state index in [0.29, 0.717) is 36.9 Å². The summed E-state index contributed by atoms with van der Waals surface area (Å²) in [5, 5.41) is 2.92. The number of rotatable bonds is 7. The molecule has 1 aromatic heterocycles. The molecule has 1 heterocycles. The van der Waals surface area contributed by atoms with Gasteiger partial charge in [-0.2, -0.15) is 0 Å². The van der Waals surface area contributed by atoms with E-state index in [-0.39, 0.29) is 5.91 Å². The van der Waals surface area contributed by atoms with Crippen LogP contribution < -0.4 is 15.8 Å². The molecule has 0 atom stereocenters. The molecule has 0 aliphatic heterocycles. The average molecular weight is 340 g/mol. The second kappa shape index (κ2) is 7.70. The standard InChI is InChI=1S/C19H20N2O4/c1-24-15-4-2-3-13(11-15)6-8-18(22)20-10-9-14-5-7-17-16(12-14)21-19(23)25-17/h2-5,7,11-12H,6,8-10H2,1H3,(H,20,22)(H,21,23). The SMILES string of the molecule is COc1cccc(CCC(=O)NCCc2ccc3oc(=O)[nH]c3c2)c1. The maximum atomic E-state index is 12.0. The van der Waals surface area contributed by atoms with Crippen LogP contribution in [0.5, 0.6) is 5.75 Å². The zero-order valence-electron chi connectivity index (χ0n) is 14.0. The van der Waals surface area contributed by atoms with Crippen LogP contribution in [-0.2, 0) is 17.6 Å². The largest absolute Gasteiger partial charge is 0.497 e. The molecule has 0 saturated carbocycles. The van der Waals surface area contributed by atoms with Crippen LogP contribution in [0.3, 0.4) is 0 Å². The molecule has 0 aliphatic carbocycles. The summed E-state index contributed by atoms with van der Waals surface area (Å²) in [7, 11) is 1.63. The van der Waals surface area contributed by atoms with Gasteiger partial charge in [-0.15, -0.1) is 0 Å². The van der Waals surface area contributed by atoms with Crippen LogP contribution in [0.25, 0.3) is 11.1 Å². The molecule has 25 heavy (non-hydrogen) atoms. The lowest BCUT2D eigenvalue weighted by molar-refractivity contribution is -0.121. The predicted molar refractivity (Wildman–Crippen MR) is 94.9 cm³/mol. The molecule has 3 aromatic rings. The molecule has 130 valence electrons. The summed E-state index contributed by atoms with van der Waals surface area (Å²) in [5.41, 5.74) is 3.31. The van der Waals surface area contributed by atoms with Gasteiger partial charge >= 0.3 is 5.76 Å². The number of aromatic nitrogens is 1. The molecule has 6 nitrogen and oxygen atoms in total. The molecule has 0 unspecified atom stereocenters. The second-order valence-electron chi connectivity index (χ2n) is 5.80. The van der Waals surface area contributed by atoms with E-state index in [4.69, 9.17) is 9.15 Å². The van der Waals surface area contributed by atoms with Gasteiger partial charge < -0.3 is 14.5 Å². The van der Waals surface area contributed by atoms with E-state index in [1.165, 1.54) is 0 Å². The van der Waals surface area contributed by atoms with Gasteiger partial charge in [0.1, 0.15) is 5.75 Å². The highest BCUT2D eigenvalue weighted by atomic mass is 16.5. The predicted octanol–water partition coefficient (Wildman–Crippen LogP) is 2.42. The highest BCUT2D eigenvalue weighted by molar-refractivity contribution is 5.76. The molecule has 0 radical (unpaired) electrons. The van der Waals surface area contributed by atoms with Gasteiger partial charge in [0.2, 0.25) is 5.91 Å². The highest BCUT2D eigenvalue weighted by Gasteiger charge is 2.05. The van der Waals surface area contributed by atoms with Gasteiger partial charge in [-0.25, -0.2) is 4.79 Å². The molecule has 3 rings (SSSR count). The van der Waals surface area contributed by atoms with Crippen LogP contribution in [0.1, 0.15) is 17.5 Å². The van der Waals surface area contributed by atoms with Crippen molar-refractivity contribution in [2.45, 2.75) is 19.3 Å². The number of hydrogen-bond donors (Lipinski definition) is 2. The van der Waals surface area contributed by atoms with Gasteiger partial charge in [-0.05, 0) is 48.2 Å². The number of oxazole rings is 1. The zero-order chi connectivity index (χ0) is 17.6. The summed E-state index contributed by atoms with van der Waals surface area (Å²) in [4.78, 5) is 25.7. The van der Waals surface area contributed by atoms with Crippen molar-refractivity contribution in [1.82, 2.24) is 10.3 Å². The first-order chi connectivity index (χ1) is 12.1. The van der Waals surface area contributed by atoms with E-state index in [2.05, 4.69) is 10.3 Å². The Bertz CT molecular complexity index is 926. The third kappa shape index (κ3) is 4.50. The minimum Gasteiger partial charge on any atom is -0.497 e. The van der Waals surface area contributed by atoms with Crippen molar-refractivity contribution in [2.24, 2.45) is 0 Å². The summed E-state index contributed by atoms with van der Waals surface area (Å²) in [6.45, 7) is 0.546. The van der Waals surface area contributed by atoms with Crippen molar-refractivity contribution in [3.8, 4) is 5.75 Å². The van der Waals surface area contributed by atoms with Crippen LogP contribution in [0, 0.1) is 0 Å². The van der Waals surface area contributed by atoms with E-state index in [1.807, 2.05) is 36.4 Å². The van der Waals surface area contributed by atoms with Gasteiger partial charge in [0.25, 0.3) is 0 Å². The number of hydrogen-bond acceptors (Lipinski definition) is 4. The normalized spacial score (nSPS) is 10.8. The Kier molecular flexibility index (Phi) is 5.18. The topological polar surface area (TPSA) is 84.3 Å². The third-order valence-electron chi connectivity index (χ3n) is 3.99. The highest BCUT2D eigenvalue weighted by Crippen LogP contribution is 2.14. The molecule has 1 amide bonds. The first-order valence-electron chi connectivity index (χ1n) is 8.15. The summed E-state index contributed by atoms with van der Waals surface area (Å²) in [6, 6.07) is 13.2. The summed E-state index contributed by atoms with van der Waals surface area (Å²) < 4.78 is 10.1. The third-order valence-corrected chi connectivity index (χ3v) is 3.99. The number of aryl methyl sites for hydroxylation is 1. The molecule has 0 saturated heterocycles. The smallest absolute Gasteiger partial charge is 0.417 e. The van der Waals surface area contributed by atoms with E-state index in [1.54, 1.807) is 13.2 Å². The van der Waals surface area contributed by atoms with Crippen molar-refractivity contribution in [3.63, 3.8) is 0 Å².